The molecule has 0 aliphatic rings. The maximum absolute atomic E-state index is 11.3. The van der Waals surface area contributed by atoms with E-state index in [-0.39, 0.29) is 6.04 Å². The molecule has 2 atom stereocenters. The van der Waals surface area contributed by atoms with E-state index in [2.05, 4.69) is 28.7 Å². The van der Waals surface area contributed by atoms with Crippen LogP contribution < -0.4 is 5.32 Å². The summed E-state index contributed by atoms with van der Waals surface area (Å²) in [4.78, 5) is 15.6. The van der Waals surface area contributed by atoms with Gasteiger partial charge < -0.3 is 15.0 Å². The van der Waals surface area contributed by atoms with Crippen LogP contribution in [0.3, 0.4) is 0 Å². The Balaban J connectivity index is 2.91. The lowest BCUT2D eigenvalue weighted by Crippen LogP contribution is -2.48. The van der Waals surface area contributed by atoms with Crippen molar-refractivity contribution in [3.8, 4) is 0 Å². The van der Waals surface area contributed by atoms with Crippen LogP contribution in [0.4, 0.5) is 0 Å². The topological polar surface area (TPSA) is 67.2 Å². The minimum absolute atomic E-state index is 0.0819. The third-order valence-electron chi connectivity index (χ3n) is 3.42. The summed E-state index contributed by atoms with van der Waals surface area (Å²) in [5.41, 5.74) is -0.919. The van der Waals surface area contributed by atoms with Gasteiger partial charge in [0, 0.05) is 24.4 Å². The molecule has 0 aliphatic carbocycles. The SMILES string of the molecule is CNC(C)(CC(C)n1ccnc1C(C)C)C(=O)O. The highest BCUT2D eigenvalue weighted by molar-refractivity contribution is 5.78. The fraction of sp³-hybridized carbons (Fsp3) is 0.692. The van der Waals surface area contributed by atoms with Crippen LogP contribution in [0, 0.1) is 0 Å². The summed E-state index contributed by atoms with van der Waals surface area (Å²) in [6, 6.07) is 0.0819. The third-order valence-corrected chi connectivity index (χ3v) is 3.42. The number of nitrogens with zero attached hydrogens (tertiary/aromatic N) is 2. The van der Waals surface area contributed by atoms with E-state index >= 15 is 0 Å². The summed E-state index contributed by atoms with van der Waals surface area (Å²) in [7, 11) is 1.68. The second-order valence-electron chi connectivity index (χ2n) is 5.29. The van der Waals surface area contributed by atoms with E-state index < -0.39 is 11.5 Å². The maximum atomic E-state index is 11.3. The average Bonchev–Trinajstić information content (AvgIpc) is 2.77. The number of rotatable bonds is 6. The molecule has 18 heavy (non-hydrogen) atoms. The Hall–Kier alpha value is -1.36. The van der Waals surface area contributed by atoms with Gasteiger partial charge in [0.25, 0.3) is 0 Å². The number of aliphatic carboxylic acids is 1. The summed E-state index contributed by atoms with van der Waals surface area (Å²) >= 11 is 0. The molecule has 5 heteroatoms. The lowest BCUT2D eigenvalue weighted by molar-refractivity contribution is -0.144. The van der Waals surface area contributed by atoms with Crippen molar-refractivity contribution in [3.63, 3.8) is 0 Å². The first-order chi connectivity index (χ1) is 8.31. The molecule has 1 aromatic rings. The van der Waals surface area contributed by atoms with E-state index in [0.717, 1.165) is 5.82 Å². The first-order valence-electron chi connectivity index (χ1n) is 6.27. The Morgan fingerprint density at radius 2 is 2.17 bits per heavy atom. The smallest absolute Gasteiger partial charge is 0.323 e. The summed E-state index contributed by atoms with van der Waals surface area (Å²) in [5, 5.41) is 12.2. The van der Waals surface area contributed by atoms with Crippen LogP contribution in [0.2, 0.25) is 0 Å². The monoisotopic (exact) mass is 253 g/mol. The highest BCUT2D eigenvalue weighted by Crippen LogP contribution is 2.24. The molecule has 2 unspecified atom stereocenters. The van der Waals surface area contributed by atoms with Crippen molar-refractivity contribution in [1.29, 1.82) is 0 Å². The molecule has 0 radical (unpaired) electrons. The van der Waals surface area contributed by atoms with Crippen LogP contribution in [-0.2, 0) is 4.79 Å². The van der Waals surface area contributed by atoms with E-state index in [1.807, 2.05) is 13.1 Å². The Bertz CT molecular complexity index is 414. The fourth-order valence-electron chi connectivity index (χ4n) is 2.13. The molecule has 0 spiro atoms. The summed E-state index contributed by atoms with van der Waals surface area (Å²) in [6.45, 7) is 7.89. The zero-order valence-electron chi connectivity index (χ0n) is 11.8. The van der Waals surface area contributed by atoms with E-state index in [9.17, 15) is 9.90 Å². The van der Waals surface area contributed by atoms with E-state index in [4.69, 9.17) is 0 Å². The molecule has 0 fully saturated rings. The van der Waals surface area contributed by atoms with Crippen LogP contribution in [0.15, 0.2) is 12.4 Å². The molecule has 1 aromatic heterocycles. The van der Waals surface area contributed by atoms with Crippen LogP contribution in [0.1, 0.15) is 51.9 Å². The Labute approximate surface area is 108 Å². The molecule has 0 aliphatic heterocycles. The first-order valence-corrected chi connectivity index (χ1v) is 6.27. The summed E-state index contributed by atoms with van der Waals surface area (Å²) in [5.74, 6) is 0.488. The number of hydrogen-bond donors (Lipinski definition) is 2. The normalized spacial score (nSPS) is 16.6. The van der Waals surface area contributed by atoms with Gasteiger partial charge in [-0.3, -0.25) is 4.79 Å². The Morgan fingerprint density at radius 3 is 2.61 bits per heavy atom. The minimum Gasteiger partial charge on any atom is -0.480 e. The highest BCUT2D eigenvalue weighted by Gasteiger charge is 2.33. The number of imidazole rings is 1. The summed E-state index contributed by atoms with van der Waals surface area (Å²) < 4.78 is 2.06. The third kappa shape index (κ3) is 2.90. The number of carboxylic acid groups (broad SMARTS) is 1. The van der Waals surface area contributed by atoms with Crippen molar-refractivity contribution in [2.45, 2.75) is 51.6 Å². The molecule has 0 saturated heterocycles. The molecule has 2 N–H and O–H groups in total. The van der Waals surface area contributed by atoms with Gasteiger partial charge in [-0.2, -0.15) is 0 Å². The number of carbonyl (C=O) groups is 1. The lowest BCUT2D eigenvalue weighted by atomic mass is 9.93. The number of aromatic nitrogens is 2. The predicted molar refractivity (Wildman–Crippen MR) is 70.7 cm³/mol. The molecule has 102 valence electrons. The average molecular weight is 253 g/mol. The molecular formula is C13H23N3O2. The molecule has 1 heterocycles. The molecule has 0 amide bonds. The number of nitrogens with one attached hydrogen (secondary N) is 1. The number of likely N-dealkylation sites (N-methyl/N-ethyl adjacent to an activating group) is 1. The Morgan fingerprint density at radius 1 is 1.56 bits per heavy atom. The van der Waals surface area contributed by atoms with Crippen molar-refractivity contribution in [3.05, 3.63) is 18.2 Å². The number of hydrogen-bond acceptors (Lipinski definition) is 3. The van der Waals surface area contributed by atoms with Crippen molar-refractivity contribution in [2.75, 3.05) is 7.05 Å². The quantitative estimate of drug-likeness (QED) is 0.814. The zero-order chi connectivity index (χ0) is 13.9. The summed E-state index contributed by atoms with van der Waals surface area (Å²) in [6.07, 6.45) is 4.19. The van der Waals surface area contributed by atoms with Gasteiger partial charge in [-0.1, -0.05) is 13.8 Å². The van der Waals surface area contributed by atoms with Gasteiger partial charge in [-0.05, 0) is 27.3 Å². The van der Waals surface area contributed by atoms with Gasteiger partial charge in [0.1, 0.15) is 11.4 Å². The molecule has 5 nitrogen and oxygen atoms in total. The largest absolute Gasteiger partial charge is 0.480 e. The van der Waals surface area contributed by atoms with Gasteiger partial charge in [0.15, 0.2) is 0 Å². The predicted octanol–water partition coefficient (Wildman–Crippen LogP) is 2.02. The van der Waals surface area contributed by atoms with Crippen LogP contribution in [-0.4, -0.2) is 33.2 Å². The van der Waals surface area contributed by atoms with Gasteiger partial charge >= 0.3 is 5.97 Å². The van der Waals surface area contributed by atoms with Gasteiger partial charge in [0.2, 0.25) is 0 Å². The van der Waals surface area contributed by atoms with Gasteiger partial charge in [-0.15, -0.1) is 0 Å². The van der Waals surface area contributed by atoms with E-state index in [1.54, 1.807) is 20.2 Å². The minimum atomic E-state index is -0.919. The second kappa shape index (κ2) is 5.52. The molecule has 0 saturated carbocycles. The van der Waals surface area contributed by atoms with Crippen LogP contribution >= 0.6 is 0 Å². The fourth-order valence-corrected chi connectivity index (χ4v) is 2.13. The highest BCUT2D eigenvalue weighted by atomic mass is 16.4. The van der Waals surface area contributed by atoms with Crippen LogP contribution in [0.5, 0.6) is 0 Å². The molecular weight excluding hydrogens is 230 g/mol. The van der Waals surface area contributed by atoms with Crippen molar-refractivity contribution in [1.82, 2.24) is 14.9 Å². The maximum Gasteiger partial charge on any atom is 0.323 e. The van der Waals surface area contributed by atoms with E-state index in [0.29, 0.717) is 12.3 Å². The standard InChI is InChI=1S/C13H23N3O2/c1-9(2)11-15-6-7-16(11)10(3)8-13(4,14-5)12(17)18/h6-7,9-10,14H,8H2,1-5H3,(H,17,18). The van der Waals surface area contributed by atoms with Crippen molar-refractivity contribution < 1.29 is 9.90 Å². The molecule has 1 rings (SSSR count). The lowest BCUT2D eigenvalue weighted by Gasteiger charge is -2.29. The van der Waals surface area contributed by atoms with E-state index in [1.165, 1.54) is 0 Å². The zero-order valence-corrected chi connectivity index (χ0v) is 11.8. The molecule has 0 aromatic carbocycles. The van der Waals surface area contributed by atoms with Crippen LogP contribution in [0.25, 0.3) is 0 Å². The first kappa shape index (κ1) is 14.7. The second-order valence-corrected chi connectivity index (χ2v) is 5.29. The molecule has 0 bridgehead atoms. The van der Waals surface area contributed by atoms with Crippen molar-refractivity contribution >= 4 is 5.97 Å². The Kier molecular flexibility index (Phi) is 4.51. The number of carboxylic acids is 1. The van der Waals surface area contributed by atoms with Gasteiger partial charge in [0.05, 0.1) is 0 Å². The van der Waals surface area contributed by atoms with Gasteiger partial charge in [-0.25, -0.2) is 4.98 Å². The van der Waals surface area contributed by atoms with Crippen molar-refractivity contribution in [2.24, 2.45) is 0 Å².